The Kier molecular flexibility index (Phi) is 7.85. The van der Waals surface area contributed by atoms with Crippen LogP contribution in [0.2, 0.25) is 0 Å². The van der Waals surface area contributed by atoms with Crippen LogP contribution in [0.1, 0.15) is 23.9 Å². The van der Waals surface area contributed by atoms with E-state index < -0.39 is 18.6 Å². The van der Waals surface area contributed by atoms with Gasteiger partial charge in [-0.3, -0.25) is 4.79 Å². The molecule has 1 amide bonds. The maximum Gasteiger partial charge on any atom is 0.406 e. The fraction of sp³-hybridized carbons (Fsp3) is 0.450. The Morgan fingerprint density at radius 3 is 2.53 bits per heavy atom. The summed E-state index contributed by atoms with van der Waals surface area (Å²) in [6.07, 6.45) is -4.43. The number of alkyl halides is 3. The van der Waals surface area contributed by atoms with Crippen LogP contribution in [0.15, 0.2) is 35.3 Å². The second kappa shape index (κ2) is 10.1. The number of amides is 1. The predicted molar refractivity (Wildman–Crippen MR) is 110 cm³/mol. The SMILES string of the molecule is CCNC(=NCc1ccccc1-n1nc(C)cc1C)NCC(=O)N(C)CC(F)(F)F. The van der Waals surface area contributed by atoms with Crippen LogP contribution in [0.3, 0.4) is 0 Å². The molecule has 0 fully saturated rings. The van der Waals surface area contributed by atoms with Crippen LogP contribution in [0.25, 0.3) is 5.69 Å². The van der Waals surface area contributed by atoms with Gasteiger partial charge in [0.25, 0.3) is 0 Å². The van der Waals surface area contributed by atoms with Crippen molar-refractivity contribution in [2.24, 2.45) is 4.99 Å². The number of hydrogen-bond acceptors (Lipinski definition) is 3. The van der Waals surface area contributed by atoms with Crippen LogP contribution in [0.4, 0.5) is 13.2 Å². The van der Waals surface area contributed by atoms with E-state index in [0.29, 0.717) is 23.9 Å². The minimum absolute atomic E-state index is 0.294. The second-order valence-electron chi connectivity index (χ2n) is 6.88. The molecular weight excluding hydrogens is 397 g/mol. The van der Waals surface area contributed by atoms with Crippen molar-refractivity contribution in [3.63, 3.8) is 0 Å². The Labute approximate surface area is 174 Å². The first kappa shape index (κ1) is 23.2. The average Bonchev–Trinajstić information content (AvgIpc) is 3.00. The van der Waals surface area contributed by atoms with Gasteiger partial charge in [0.1, 0.15) is 6.54 Å². The maximum absolute atomic E-state index is 12.4. The van der Waals surface area contributed by atoms with E-state index in [1.54, 1.807) is 0 Å². The number of aromatic nitrogens is 2. The largest absolute Gasteiger partial charge is 0.406 e. The first-order valence-corrected chi connectivity index (χ1v) is 9.55. The molecule has 7 nitrogen and oxygen atoms in total. The van der Waals surface area contributed by atoms with Crippen molar-refractivity contribution in [2.75, 3.05) is 26.7 Å². The van der Waals surface area contributed by atoms with E-state index in [9.17, 15) is 18.0 Å². The lowest BCUT2D eigenvalue weighted by molar-refractivity contribution is -0.157. The molecule has 2 N–H and O–H groups in total. The number of para-hydroxylation sites is 1. The molecule has 0 saturated heterocycles. The fourth-order valence-corrected chi connectivity index (χ4v) is 2.88. The molecule has 0 aliphatic heterocycles. The second-order valence-corrected chi connectivity index (χ2v) is 6.88. The van der Waals surface area contributed by atoms with E-state index in [-0.39, 0.29) is 6.54 Å². The third kappa shape index (κ3) is 6.78. The highest BCUT2D eigenvalue weighted by molar-refractivity contribution is 5.86. The zero-order valence-corrected chi connectivity index (χ0v) is 17.5. The minimum Gasteiger partial charge on any atom is -0.357 e. The van der Waals surface area contributed by atoms with Crippen molar-refractivity contribution in [1.29, 1.82) is 0 Å². The van der Waals surface area contributed by atoms with Crippen molar-refractivity contribution in [3.8, 4) is 5.69 Å². The molecule has 2 aromatic rings. The summed E-state index contributed by atoms with van der Waals surface area (Å²) < 4.78 is 39.2. The summed E-state index contributed by atoms with van der Waals surface area (Å²) >= 11 is 0. The van der Waals surface area contributed by atoms with Crippen LogP contribution in [0, 0.1) is 13.8 Å². The van der Waals surface area contributed by atoms with Gasteiger partial charge >= 0.3 is 6.18 Å². The van der Waals surface area contributed by atoms with E-state index in [2.05, 4.69) is 20.7 Å². The summed E-state index contributed by atoms with van der Waals surface area (Å²) in [4.78, 5) is 17.1. The smallest absolute Gasteiger partial charge is 0.357 e. The molecule has 0 spiro atoms. The first-order chi connectivity index (χ1) is 14.1. The lowest BCUT2D eigenvalue weighted by Crippen LogP contribution is -2.45. The summed E-state index contributed by atoms with van der Waals surface area (Å²) in [6.45, 7) is 5.00. The number of nitrogens with zero attached hydrogens (tertiary/aromatic N) is 4. The van der Waals surface area contributed by atoms with E-state index >= 15 is 0 Å². The van der Waals surface area contributed by atoms with Gasteiger partial charge in [-0.25, -0.2) is 9.67 Å². The highest BCUT2D eigenvalue weighted by Gasteiger charge is 2.31. The van der Waals surface area contributed by atoms with Gasteiger partial charge in [-0.1, -0.05) is 18.2 Å². The maximum atomic E-state index is 12.4. The Morgan fingerprint density at radius 2 is 1.93 bits per heavy atom. The molecule has 10 heteroatoms. The number of aliphatic imine (C=N–C) groups is 1. The minimum atomic E-state index is -4.43. The quantitative estimate of drug-likeness (QED) is 0.529. The summed E-state index contributed by atoms with van der Waals surface area (Å²) in [5, 5.41) is 10.3. The highest BCUT2D eigenvalue weighted by Crippen LogP contribution is 2.18. The number of halogens is 3. The van der Waals surface area contributed by atoms with Crippen molar-refractivity contribution >= 4 is 11.9 Å². The number of carbonyl (C=O) groups excluding carboxylic acids is 1. The van der Waals surface area contributed by atoms with Gasteiger partial charge in [0, 0.05) is 19.3 Å². The molecule has 0 radical (unpaired) electrons. The third-order valence-corrected chi connectivity index (χ3v) is 4.23. The number of nitrogens with one attached hydrogen (secondary N) is 2. The van der Waals surface area contributed by atoms with Gasteiger partial charge in [0.05, 0.1) is 24.5 Å². The van der Waals surface area contributed by atoms with Crippen molar-refractivity contribution in [2.45, 2.75) is 33.5 Å². The zero-order valence-electron chi connectivity index (χ0n) is 17.5. The normalized spacial score (nSPS) is 12.0. The molecular formula is C20H27F3N6O. The molecule has 164 valence electrons. The molecule has 2 rings (SSSR count). The number of guanidine groups is 1. The Balaban J connectivity index is 2.10. The van der Waals surface area contributed by atoms with Gasteiger partial charge in [-0.2, -0.15) is 18.3 Å². The molecule has 0 saturated carbocycles. The van der Waals surface area contributed by atoms with E-state index in [4.69, 9.17) is 0 Å². The zero-order chi connectivity index (χ0) is 22.3. The molecule has 0 unspecified atom stereocenters. The molecule has 1 heterocycles. The Morgan fingerprint density at radius 1 is 1.23 bits per heavy atom. The molecule has 1 aromatic heterocycles. The lowest BCUT2D eigenvalue weighted by atomic mass is 10.2. The van der Waals surface area contributed by atoms with Crippen molar-refractivity contribution in [1.82, 2.24) is 25.3 Å². The molecule has 0 aliphatic carbocycles. The average molecular weight is 424 g/mol. The predicted octanol–water partition coefficient (Wildman–Crippen LogP) is 2.56. The first-order valence-electron chi connectivity index (χ1n) is 9.55. The lowest BCUT2D eigenvalue weighted by Gasteiger charge is -2.20. The number of aryl methyl sites for hydroxylation is 2. The van der Waals surface area contributed by atoms with Crippen LogP contribution in [-0.2, 0) is 11.3 Å². The van der Waals surface area contributed by atoms with Crippen molar-refractivity contribution in [3.05, 3.63) is 47.3 Å². The molecule has 1 aromatic carbocycles. The van der Waals surface area contributed by atoms with Crippen LogP contribution in [-0.4, -0.2) is 59.4 Å². The van der Waals surface area contributed by atoms with E-state index in [1.165, 1.54) is 0 Å². The summed E-state index contributed by atoms with van der Waals surface area (Å²) in [6, 6.07) is 9.67. The van der Waals surface area contributed by atoms with Crippen LogP contribution in [0.5, 0.6) is 0 Å². The monoisotopic (exact) mass is 424 g/mol. The Bertz CT molecular complexity index is 891. The number of benzene rings is 1. The molecule has 30 heavy (non-hydrogen) atoms. The van der Waals surface area contributed by atoms with Gasteiger partial charge in [0.15, 0.2) is 5.96 Å². The highest BCUT2D eigenvalue weighted by atomic mass is 19.4. The van der Waals surface area contributed by atoms with Crippen LogP contribution < -0.4 is 10.6 Å². The number of carbonyl (C=O) groups is 1. The summed E-state index contributed by atoms with van der Waals surface area (Å²) in [7, 11) is 1.12. The van der Waals surface area contributed by atoms with Crippen molar-refractivity contribution < 1.29 is 18.0 Å². The number of likely N-dealkylation sites (N-methyl/N-ethyl adjacent to an activating group) is 1. The third-order valence-electron chi connectivity index (χ3n) is 4.23. The molecule has 0 atom stereocenters. The fourth-order valence-electron chi connectivity index (χ4n) is 2.88. The number of rotatable bonds is 7. The van der Waals surface area contributed by atoms with Gasteiger partial charge in [0.2, 0.25) is 5.91 Å². The van der Waals surface area contributed by atoms with E-state index in [0.717, 1.165) is 29.7 Å². The van der Waals surface area contributed by atoms with Gasteiger partial charge in [-0.15, -0.1) is 0 Å². The van der Waals surface area contributed by atoms with Gasteiger partial charge < -0.3 is 15.5 Å². The van der Waals surface area contributed by atoms with Gasteiger partial charge in [-0.05, 0) is 38.5 Å². The summed E-state index contributed by atoms with van der Waals surface area (Å²) in [5.74, 6) is -0.338. The topological polar surface area (TPSA) is 74.5 Å². The molecule has 0 aliphatic rings. The van der Waals surface area contributed by atoms with Crippen LogP contribution >= 0.6 is 0 Å². The molecule has 0 bridgehead atoms. The number of hydrogen-bond donors (Lipinski definition) is 2. The summed E-state index contributed by atoms with van der Waals surface area (Å²) in [5.41, 5.74) is 3.71. The Hall–Kier alpha value is -3.04. The van der Waals surface area contributed by atoms with E-state index in [1.807, 2.05) is 55.8 Å². The standard InChI is InChI=1S/C20H27F3N6O/c1-5-24-19(26-12-18(30)28(4)13-20(21,22)23)25-11-16-8-6-7-9-17(16)29-15(3)10-14(2)27-29/h6-10H,5,11-13H2,1-4H3,(H2,24,25,26).